The molecule has 3 N–H and O–H groups in total. The van der Waals surface area contributed by atoms with Crippen molar-refractivity contribution in [1.29, 1.82) is 0 Å². The van der Waals surface area contributed by atoms with Crippen LogP contribution in [0.25, 0.3) is 0 Å². The van der Waals surface area contributed by atoms with E-state index in [2.05, 4.69) is 12.2 Å². The molecule has 1 rings (SSSR count). The van der Waals surface area contributed by atoms with Gasteiger partial charge in [0.25, 0.3) is 5.91 Å². The normalized spacial score (nSPS) is 12.1. The van der Waals surface area contributed by atoms with Crippen molar-refractivity contribution in [2.24, 2.45) is 5.92 Å². The predicted molar refractivity (Wildman–Crippen MR) is 75.8 cm³/mol. The molecule has 0 aliphatic heterocycles. The van der Waals surface area contributed by atoms with Crippen LogP contribution in [0.1, 0.15) is 36.5 Å². The standard InChI is InChI=1S/C14H20ClNO3/c1-2-3-10(6-7-15)9-16-14(19)11-4-5-12(17)13(18)8-11/h4-5,8,10,17-18H,2-3,6-7,9H2,1H3,(H,16,19). The number of alkyl halides is 1. The minimum Gasteiger partial charge on any atom is -0.504 e. The minimum absolute atomic E-state index is 0.234. The fourth-order valence-corrected chi connectivity index (χ4v) is 2.22. The summed E-state index contributed by atoms with van der Waals surface area (Å²) in [6.07, 6.45) is 2.95. The Balaban J connectivity index is 2.56. The van der Waals surface area contributed by atoms with Gasteiger partial charge in [0.1, 0.15) is 0 Å². The molecule has 1 unspecified atom stereocenters. The highest BCUT2D eigenvalue weighted by atomic mass is 35.5. The molecule has 0 spiro atoms. The molecule has 0 saturated heterocycles. The van der Waals surface area contributed by atoms with Crippen molar-refractivity contribution in [1.82, 2.24) is 5.32 Å². The number of phenolic OH excluding ortho intramolecular Hbond substituents is 2. The lowest BCUT2D eigenvalue weighted by atomic mass is 10.0. The van der Waals surface area contributed by atoms with E-state index >= 15 is 0 Å². The molecule has 1 atom stereocenters. The third-order valence-corrected chi connectivity index (χ3v) is 3.22. The zero-order chi connectivity index (χ0) is 14.3. The van der Waals surface area contributed by atoms with Crippen LogP contribution in [-0.4, -0.2) is 28.5 Å². The number of rotatable bonds is 7. The first-order valence-electron chi connectivity index (χ1n) is 6.44. The Morgan fingerprint density at radius 2 is 2.05 bits per heavy atom. The number of hydrogen-bond donors (Lipinski definition) is 3. The Morgan fingerprint density at radius 3 is 2.63 bits per heavy atom. The first-order chi connectivity index (χ1) is 9.08. The second-order valence-corrected chi connectivity index (χ2v) is 4.92. The summed E-state index contributed by atoms with van der Waals surface area (Å²) in [4.78, 5) is 11.9. The van der Waals surface area contributed by atoms with Crippen molar-refractivity contribution in [2.75, 3.05) is 12.4 Å². The first-order valence-corrected chi connectivity index (χ1v) is 6.98. The minimum atomic E-state index is -0.293. The summed E-state index contributed by atoms with van der Waals surface area (Å²) >= 11 is 5.73. The molecule has 1 aromatic carbocycles. The maximum atomic E-state index is 11.9. The van der Waals surface area contributed by atoms with Crippen LogP contribution < -0.4 is 5.32 Å². The Morgan fingerprint density at radius 1 is 1.32 bits per heavy atom. The molecule has 4 nitrogen and oxygen atoms in total. The summed E-state index contributed by atoms with van der Waals surface area (Å²) in [7, 11) is 0. The third-order valence-electron chi connectivity index (χ3n) is 3.00. The number of aromatic hydroxyl groups is 2. The van der Waals surface area contributed by atoms with E-state index in [1.165, 1.54) is 18.2 Å². The number of carbonyl (C=O) groups is 1. The molecule has 19 heavy (non-hydrogen) atoms. The van der Waals surface area contributed by atoms with Gasteiger partial charge in [-0.25, -0.2) is 0 Å². The summed E-state index contributed by atoms with van der Waals surface area (Å²) < 4.78 is 0. The largest absolute Gasteiger partial charge is 0.504 e. The molecule has 1 aromatic rings. The molecule has 1 amide bonds. The number of phenols is 2. The number of benzene rings is 1. The summed E-state index contributed by atoms with van der Waals surface area (Å²) in [6, 6.07) is 4.02. The number of hydrogen-bond acceptors (Lipinski definition) is 3. The lowest BCUT2D eigenvalue weighted by Gasteiger charge is -2.15. The van der Waals surface area contributed by atoms with Gasteiger partial charge in [-0.15, -0.1) is 11.6 Å². The molecular formula is C14H20ClNO3. The van der Waals surface area contributed by atoms with E-state index in [1.54, 1.807) is 0 Å². The molecule has 0 radical (unpaired) electrons. The molecule has 0 saturated carbocycles. The van der Waals surface area contributed by atoms with Crippen LogP contribution >= 0.6 is 11.6 Å². The second kappa shape index (κ2) is 7.89. The van der Waals surface area contributed by atoms with E-state index in [4.69, 9.17) is 11.6 Å². The zero-order valence-electron chi connectivity index (χ0n) is 11.0. The van der Waals surface area contributed by atoms with Gasteiger partial charge in [-0.2, -0.15) is 0 Å². The number of halogens is 1. The summed E-state index contributed by atoms with van der Waals surface area (Å²) in [6.45, 7) is 2.67. The Kier molecular flexibility index (Phi) is 6.50. The third kappa shape index (κ3) is 4.99. The van der Waals surface area contributed by atoms with Crippen molar-refractivity contribution in [3.8, 4) is 11.5 Å². The number of nitrogens with one attached hydrogen (secondary N) is 1. The smallest absolute Gasteiger partial charge is 0.251 e. The average Bonchev–Trinajstić information content (AvgIpc) is 2.39. The van der Waals surface area contributed by atoms with Crippen LogP contribution in [0.15, 0.2) is 18.2 Å². The Labute approximate surface area is 118 Å². The second-order valence-electron chi connectivity index (χ2n) is 4.55. The predicted octanol–water partition coefficient (Wildman–Crippen LogP) is 2.87. The van der Waals surface area contributed by atoms with E-state index in [0.29, 0.717) is 23.9 Å². The highest BCUT2D eigenvalue weighted by Gasteiger charge is 2.12. The lowest BCUT2D eigenvalue weighted by molar-refractivity contribution is 0.0945. The quantitative estimate of drug-likeness (QED) is 0.533. The van der Waals surface area contributed by atoms with E-state index in [0.717, 1.165) is 19.3 Å². The van der Waals surface area contributed by atoms with Crippen LogP contribution in [0.2, 0.25) is 0 Å². The van der Waals surface area contributed by atoms with Crippen LogP contribution in [0.5, 0.6) is 11.5 Å². The van der Waals surface area contributed by atoms with Gasteiger partial charge in [0.2, 0.25) is 0 Å². The molecule has 0 aromatic heterocycles. The molecular weight excluding hydrogens is 266 g/mol. The summed E-state index contributed by atoms with van der Waals surface area (Å²) in [5, 5.41) is 21.4. The molecule has 0 aliphatic rings. The molecule has 0 bridgehead atoms. The Bertz CT molecular complexity index is 417. The van der Waals surface area contributed by atoms with Crippen LogP contribution in [0, 0.1) is 5.92 Å². The topological polar surface area (TPSA) is 69.6 Å². The fraction of sp³-hybridized carbons (Fsp3) is 0.500. The fourth-order valence-electron chi connectivity index (χ4n) is 1.91. The van der Waals surface area contributed by atoms with Crippen LogP contribution in [-0.2, 0) is 0 Å². The van der Waals surface area contributed by atoms with Gasteiger partial charge in [-0.1, -0.05) is 13.3 Å². The van der Waals surface area contributed by atoms with E-state index < -0.39 is 0 Å². The Hall–Kier alpha value is -1.42. The van der Waals surface area contributed by atoms with Crippen molar-refractivity contribution in [3.63, 3.8) is 0 Å². The van der Waals surface area contributed by atoms with Gasteiger partial charge >= 0.3 is 0 Å². The van der Waals surface area contributed by atoms with Gasteiger partial charge in [0.05, 0.1) is 0 Å². The number of amides is 1. The highest BCUT2D eigenvalue weighted by Crippen LogP contribution is 2.24. The van der Waals surface area contributed by atoms with Gasteiger partial charge < -0.3 is 15.5 Å². The van der Waals surface area contributed by atoms with Crippen molar-refractivity contribution < 1.29 is 15.0 Å². The van der Waals surface area contributed by atoms with Gasteiger partial charge in [-0.3, -0.25) is 4.79 Å². The van der Waals surface area contributed by atoms with Gasteiger partial charge in [0.15, 0.2) is 11.5 Å². The maximum absolute atomic E-state index is 11.9. The van der Waals surface area contributed by atoms with E-state index in [-0.39, 0.29) is 17.4 Å². The lowest BCUT2D eigenvalue weighted by Crippen LogP contribution is -2.29. The average molecular weight is 286 g/mol. The van der Waals surface area contributed by atoms with Crippen molar-refractivity contribution >= 4 is 17.5 Å². The zero-order valence-corrected chi connectivity index (χ0v) is 11.8. The van der Waals surface area contributed by atoms with Gasteiger partial charge in [-0.05, 0) is 37.0 Å². The molecule has 0 heterocycles. The summed E-state index contributed by atoms with van der Waals surface area (Å²) in [5.41, 5.74) is 0.330. The van der Waals surface area contributed by atoms with Crippen LogP contribution in [0.4, 0.5) is 0 Å². The number of carbonyl (C=O) groups excluding carboxylic acids is 1. The van der Waals surface area contributed by atoms with Crippen LogP contribution in [0.3, 0.4) is 0 Å². The van der Waals surface area contributed by atoms with E-state index in [1.807, 2.05) is 0 Å². The molecule has 0 fully saturated rings. The van der Waals surface area contributed by atoms with Crippen molar-refractivity contribution in [3.05, 3.63) is 23.8 Å². The highest BCUT2D eigenvalue weighted by molar-refractivity contribution is 6.17. The maximum Gasteiger partial charge on any atom is 0.251 e. The van der Waals surface area contributed by atoms with Crippen molar-refractivity contribution in [2.45, 2.75) is 26.2 Å². The summed E-state index contributed by atoms with van der Waals surface area (Å²) in [5.74, 6) is 0.171. The van der Waals surface area contributed by atoms with E-state index in [9.17, 15) is 15.0 Å². The molecule has 5 heteroatoms. The SMILES string of the molecule is CCCC(CCCl)CNC(=O)c1ccc(O)c(O)c1. The first kappa shape index (κ1) is 15.6. The molecule has 106 valence electrons. The monoisotopic (exact) mass is 285 g/mol. The molecule has 0 aliphatic carbocycles. The van der Waals surface area contributed by atoms with Gasteiger partial charge in [0, 0.05) is 18.0 Å².